The number of non-ortho nitro benzene ring substituents is 1. The first kappa shape index (κ1) is 14.3. The molecule has 0 spiro atoms. The van der Waals surface area contributed by atoms with E-state index in [4.69, 9.17) is 0 Å². The molecule has 6 nitrogen and oxygen atoms in total. The van der Waals surface area contributed by atoms with Gasteiger partial charge in [0.2, 0.25) is 5.91 Å². The molecule has 21 heavy (non-hydrogen) atoms. The minimum atomic E-state index is -0.419. The number of nitro benzene ring substituents is 1. The number of hydrogen-bond acceptors (Lipinski definition) is 6. The van der Waals surface area contributed by atoms with E-state index in [0.717, 1.165) is 27.4 Å². The number of carbonyl (C=O) groups excluding carboxylic acids is 1. The lowest BCUT2D eigenvalue weighted by molar-refractivity contribution is -0.384. The molecule has 1 atom stereocenters. The number of aromatic nitrogens is 1. The second-order valence-corrected chi connectivity index (χ2v) is 7.55. The molecule has 1 heterocycles. The van der Waals surface area contributed by atoms with Gasteiger partial charge in [0.05, 0.1) is 20.4 Å². The number of thiazole rings is 1. The van der Waals surface area contributed by atoms with Crippen molar-refractivity contribution in [2.45, 2.75) is 35.4 Å². The summed E-state index contributed by atoms with van der Waals surface area (Å²) >= 11 is 2.76. The summed E-state index contributed by atoms with van der Waals surface area (Å²) in [7, 11) is 0. The maximum atomic E-state index is 11.9. The van der Waals surface area contributed by atoms with Crippen molar-refractivity contribution < 1.29 is 9.72 Å². The minimum Gasteiger partial charge on any atom is -0.352 e. The second kappa shape index (κ2) is 5.61. The van der Waals surface area contributed by atoms with E-state index in [0.29, 0.717) is 6.04 Å². The first-order valence-corrected chi connectivity index (χ1v) is 8.24. The molecule has 1 fully saturated rings. The van der Waals surface area contributed by atoms with Gasteiger partial charge in [-0.2, -0.15) is 0 Å². The minimum absolute atomic E-state index is 0.0211. The fourth-order valence-electron chi connectivity index (χ4n) is 1.81. The maximum Gasteiger partial charge on any atom is 0.270 e. The van der Waals surface area contributed by atoms with E-state index in [2.05, 4.69) is 10.3 Å². The highest BCUT2D eigenvalue weighted by molar-refractivity contribution is 8.02. The molecule has 1 aliphatic rings. The van der Waals surface area contributed by atoms with Crippen LogP contribution in [0.15, 0.2) is 22.5 Å². The Morgan fingerprint density at radius 1 is 1.57 bits per heavy atom. The molecule has 1 aromatic carbocycles. The topological polar surface area (TPSA) is 85.1 Å². The number of fused-ring (bicyclic) bond motifs is 1. The predicted octanol–water partition coefficient (Wildman–Crippen LogP) is 2.96. The smallest absolute Gasteiger partial charge is 0.270 e. The average molecular weight is 323 g/mol. The zero-order valence-corrected chi connectivity index (χ0v) is 12.9. The number of amides is 1. The lowest BCUT2D eigenvalue weighted by atomic mass is 10.3. The number of nitrogens with one attached hydrogen (secondary N) is 1. The van der Waals surface area contributed by atoms with Gasteiger partial charge in [0, 0.05) is 18.2 Å². The summed E-state index contributed by atoms with van der Waals surface area (Å²) in [5.74, 6) is 0.0211. The van der Waals surface area contributed by atoms with Gasteiger partial charge in [-0.1, -0.05) is 11.8 Å². The molecule has 0 unspecified atom stereocenters. The van der Waals surface area contributed by atoms with Crippen LogP contribution in [-0.2, 0) is 4.79 Å². The molecule has 2 aromatic rings. The molecule has 8 heteroatoms. The number of rotatable bonds is 5. The fourth-order valence-corrected chi connectivity index (χ4v) is 4.06. The van der Waals surface area contributed by atoms with Crippen molar-refractivity contribution in [1.29, 1.82) is 0 Å². The van der Waals surface area contributed by atoms with Crippen LogP contribution in [-0.4, -0.2) is 27.1 Å². The largest absolute Gasteiger partial charge is 0.352 e. The number of benzene rings is 1. The Hall–Kier alpha value is -1.67. The molecule has 1 amide bonds. The van der Waals surface area contributed by atoms with Gasteiger partial charge in [-0.3, -0.25) is 14.9 Å². The van der Waals surface area contributed by atoms with Crippen LogP contribution in [0.25, 0.3) is 10.2 Å². The van der Waals surface area contributed by atoms with Crippen LogP contribution in [0.3, 0.4) is 0 Å². The summed E-state index contributed by atoms with van der Waals surface area (Å²) in [6, 6.07) is 4.95. The molecule has 0 bridgehead atoms. The third kappa shape index (κ3) is 3.33. The molecule has 0 saturated heterocycles. The molecule has 3 rings (SSSR count). The SMILES string of the molecule is C[C@H](Sc1nc2ccc([N+](=O)[O-])cc2s1)C(=O)NC1CC1. The number of thioether (sulfide) groups is 1. The van der Waals surface area contributed by atoms with Gasteiger partial charge in [-0.05, 0) is 25.8 Å². The standard InChI is InChI=1S/C13H13N3O3S2/c1-7(12(17)14-8-2-3-8)20-13-15-10-5-4-9(16(18)19)6-11(10)21-13/h4-8H,2-3H2,1H3,(H,14,17)/t7-/m0/s1. The molecular weight excluding hydrogens is 310 g/mol. The van der Waals surface area contributed by atoms with Crippen molar-refractivity contribution in [1.82, 2.24) is 10.3 Å². The summed E-state index contributed by atoms with van der Waals surface area (Å²) in [6.45, 7) is 1.84. The van der Waals surface area contributed by atoms with Crippen molar-refractivity contribution in [2.75, 3.05) is 0 Å². The van der Waals surface area contributed by atoms with Gasteiger partial charge in [-0.25, -0.2) is 4.98 Å². The van der Waals surface area contributed by atoms with Gasteiger partial charge < -0.3 is 5.32 Å². The van der Waals surface area contributed by atoms with E-state index < -0.39 is 4.92 Å². The van der Waals surface area contributed by atoms with Crippen LogP contribution in [0, 0.1) is 10.1 Å². The third-order valence-corrected chi connectivity index (χ3v) is 5.35. The molecular formula is C13H13N3O3S2. The zero-order chi connectivity index (χ0) is 15.0. The zero-order valence-electron chi connectivity index (χ0n) is 11.2. The average Bonchev–Trinajstić information content (AvgIpc) is 3.15. The van der Waals surface area contributed by atoms with Crippen molar-refractivity contribution in [3.05, 3.63) is 28.3 Å². The normalized spacial score (nSPS) is 15.9. The molecule has 110 valence electrons. The van der Waals surface area contributed by atoms with E-state index in [1.54, 1.807) is 6.07 Å². The Labute approximate surface area is 129 Å². The Morgan fingerprint density at radius 2 is 2.33 bits per heavy atom. The van der Waals surface area contributed by atoms with E-state index in [-0.39, 0.29) is 16.8 Å². The number of hydrogen-bond donors (Lipinski definition) is 1. The predicted molar refractivity (Wildman–Crippen MR) is 82.8 cm³/mol. The summed E-state index contributed by atoms with van der Waals surface area (Å²) in [4.78, 5) is 26.7. The molecule has 1 aromatic heterocycles. The number of nitro groups is 1. The van der Waals surface area contributed by atoms with E-state index >= 15 is 0 Å². The number of nitrogens with zero attached hydrogens (tertiary/aromatic N) is 2. The van der Waals surface area contributed by atoms with Gasteiger partial charge in [0.1, 0.15) is 0 Å². The summed E-state index contributed by atoms with van der Waals surface area (Å²) in [6.07, 6.45) is 2.13. The fraction of sp³-hybridized carbons (Fsp3) is 0.385. The first-order chi connectivity index (χ1) is 10.0. The second-order valence-electron chi connectivity index (χ2n) is 4.93. The lowest BCUT2D eigenvalue weighted by Crippen LogP contribution is -2.32. The molecule has 0 radical (unpaired) electrons. The van der Waals surface area contributed by atoms with Crippen LogP contribution in [0.1, 0.15) is 19.8 Å². The lowest BCUT2D eigenvalue weighted by Gasteiger charge is -2.08. The van der Waals surface area contributed by atoms with Crippen LogP contribution >= 0.6 is 23.1 Å². The molecule has 1 saturated carbocycles. The third-order valence-electron chi connectivity index (χ3n) is 3.13. The van der Waals surface area contributed by atoms with E-state index in [9.17, 15) is 14.9 Å². The van der Waals surface area contributed by atoms with Crippen LogP contribution in [0.2, 0.25) is 0 Å². The number of carbonyl (C=O) groups is 1. The quantitative estimate of drug-likeness (QED) is 0.519. The molecule has 1 N–H and O–H groups in total. The summed E-state index contributed by atoms with van der Waals surface area (Å²) < 4.78 is 1.52. The Morgan fingerprint density at radius 3 is 3.00 bits per heavy atom. The highest BCUT2D eigenvalue weighted by Gasteiger charge is 2.26. The van der Waals surface area contributed by atoms with E-state index in [1.165, 1.54) is 35.2 Å². The first-order valence-electron chi connectivity index (χ1n) is 6.55. The Bertz CT molecular complexity index is 712. The summed E-state index contributed by atoms with van der Waals surface area (Å²) in [5.41, 5.74) is 0.783. The van der Waals surface area contributed by atoms with Crippen molar-refractivity contribution in [3.63, 3.8) is 0 Å². The molecule has 1 aliphatic carbocycles. The highest BCUT2D eigenvalue weighted by Crippen LogP contribution is 2.34. The Kier molecular flexibility index (Phi) is 3.81. The van der Waals surface area contributed by atoms with Crippen LogP contribution in [0.4, 0.5) is 5.69 Å². The van der Waals surface area contributed by atoms with Gasteiger partial charge in [0.25, 0.3) is 5.69 Å². The maximum absolute atomic E-state index is 11.9. The van der Waals surface area contributed by atoms with Crippen molar-refractivity contribution >= 4 is 44.9 Å². The van der Waals surface area contributed by atoms with E-state index in [1.807, 2.05) is 6.92 Å². The van der Waals surface area contributed by atoms with Gasteiger partial charge in [-0.15, -0.1) is 11.3 Å². The monoisotopic (exact) mass is 323 g/mol. The van der Waals surface area contributed by atoms with Crippen molar-refractivity contribution in [3.8, 4) is 0 Å². The molecule has 0 aliphatic heterocycles. The summed E-state index contributed by atoms with van der Waals surface area (Å²) in [5, 5.41) is 13.5. The van der Waals surface area contributed by atoms with Gasteiger partial charge in [0.15, 0.2) is 4.34 Å². The van der Waals surface area contributed by atoms with Crippen molar-refractivity contribution in [2.24, 2.45) is 0 Å². The van der Waals surface area contributed by atoms with Crippen LogP contribution < -0.4 is 5.32 Å². The van der Waals surface area contributed by atoms with Gasteiger partial charge >= 0.3 is 0 Å². The highest BCUT2D eigenvalue weighted by atomic mass is 32.2. The van der Waals surface area contributed by atoms with Crippen LogP contribution in [0.5, 0.6) is 0 Å². The Balaban J connectivity index is 1.74.